The molecule has 1 atom stereocenters. The van der Waals surface area contributed by atoms with E-state index in [0.29, 0.717) is 0 Å². The van der Waals surface area contributed by atoms with Crippen LogP contribution < -0.4 is 10.6 Å². The molecule has 4 heteroatoms. The van der Waals surface area contributed by atoms with Crippen LogP contribution in [0.1, 0.15) is 31.7 Å². The second-order valence-corrected chi connectivity index (χ2v) is 7.03. The van der Waals surface area contributed by atoms with E-state index in [0.717, 1.165) is 30.4 Å². The highest BCUT2D eigenvalue weighted by Gasteiger charge is 2.14. The smallest absolute Gasteiger partial charge is 0.0397 e. The number of rotatable bonds is 7. The number of nitrogens with zero attached hydrogens (tertiary/aromatic N) is 2. The van der Waals surface area contributed by atoms with Crippen molar-refractivity contribution in [3.63, 3.8) is 0 Å². The normalized spacial score (nSPS) is 17.1. The molecule has 1 aliphatic heterocycles. The molecule has 21 heavy (non-hydrogen) atoms. The van der Waals surface area contributed by atoms with Crippen molar-refractivity contribution in [1.29, 1.82) is 0 Å². The Bertz CT molecular complexity index is 444. The number of likely N-dealkylation sites (N-methyl/N-ethyl adjacent to an activating group) is 1. The monoisotopic (exact) mass is 353 g/mol. The second kappa shape index (κ2) is 8.16. The van der Waals surface area contributed by atoms with Crippen LogP contribution in [0.4, 0.5) is 5.69 Å². The van der Waals surface area contributed by atoms with Gasteiger partial charge in [0.2, 0.25) is 0 Å². The molecule has 0 spiro atoms. The Morgan fingerprint density at radius 2 is 2.05 bits per heavy atom. The molecule has 0 aromatic heterocycles. The molecule has 1 unspecified atom stereocenters. The maximum Gasteiger partial charge on any atom is 0.0397 e. The van der Waals surface area contributed by atoms with Gasteiger partial charge in [-0.15, -0.1) is 0 Å². The predicted molar refractivity (Wildman–Crippen MR) is 95.1 cm³/mol. The maximum atomic E-state index is 6.16. The van der Waals surface area contributed by atoms with Gasteiger partial charge in [-0.05, 0) is 62.5 Å². The molecule has 3 nitrogen and oxygen atoms in total. The molecule has 1 aromatic carbocycles. The summed E-state index contributed by atoms with van der Waals surface area (Å²) in [6, 6.07) is 6.80. The Kier molecular flexibility index (Phi) is 6.52. The van der Waals surface area contributed by atoms with Crippen LogP contribution in [0.3, 0.4) is 0 Å². The number of nitrogens with two attached hydrogens (primary N) is 1. The van der Waals surface area contributed by atoms with Crippen LogP contribution in [0.15, 0.2) is 22.7 Å². The van der Waals surface area contributed by atoms with Gasteiger partial charge in [0.05, 0.1) is 0 Å². The van der Waals surface area contributed by atoms with E-state index in [-0.39, 0.29) is 6.04 Å². The summed E-state index contributed by atoms with van der Waals surface area (Å²) in [7, 11) is 2.19. The van der Waals surface area contributed by atoms with Crippen molar-refractivity contribution in [2.75, 3.05) is 38.1 Å². The minimum Gasteiger partial charge on any atom is -0.373 e. The summed E-state index contributed by atoms with van der Waals surface area (Å²) >= 11 is 3.58. The van der Waals surface area contributed by atoms with Crippen molar-refractivity contribution in [2.45, 2.75) is 38.6 Å². The zero-order valence-electron chi connectivity index (χ0n) is 13.3. The average Bonchev–Trinajstić information content (AvgIpc) is 2.98. The summed E-state index contributed by atoms with van der Waals surface area (Å²) in [5, 5.41) is 0. The third-order valence-electron chi connectivity index (χ3n) is 4.41. The van der Waals surface area contributed by atoms with Crippen LogP contribution in [-0.2, 0) is 6.42 Å². The molecule has 1 heterocycles. The van der Waals surface area contributed by atoms with Crippen molar-refractivity contribution in [1.82, 2.24) is 4.90 Å². The predicted octanol–water partition coefficient (Wildman–Crippen LogP) is 3.26. The molecule has 1 saturated heterocycles. The standard InChI is InChI=1S/C17H28BrN3/c1-3-16(19)13-14-12-15(18)6-7-17(14)20(2)10-11-21-8-4-5-9-21/h6-7,12,16H,3-5,8-11,13,19H2,1-2H3. The molecule has 0 aliphatic carbocycles. The highest BCUT2D eigenvalue weighted by atomic mass is 79.9. The Morgan fingerprint density at radius 1 is 1.33 bits per heavy atom. The summed E-state index contributed by atoms with van der Waals surface area (Å²) < 4.78 is 1.14. The fourth-order valence-corrected chi connectivity index (χ4v) is 3.34. The van der Waals surface area contributed by atoms with Crippen LogP contribution in [0, 0.1) is 0 Å². The molecular weight excluding hydrogens is 326 g/mol. The van der Waals surface area contributed by atoms with E-state index >= 15 is 0 Å². The Hall–Kier alpha value is -0.580. The van der Waals surface area contributed by atoms with Gasteiger partial charge < -0.3 is 15.5 Å². The lowest BCUT2D eigenvalue weighted by Crippen LogP contribution is -2.32. The number of halogens is 1. The largest absolute Gasteiger partial charge is 0.373 e. The summed E-state index contributed by atoms with van der Waals surface area (Å²) in [4.78, 5) is 4.94. The van der Waals surface area contributed by atoms with Crippen molar-refractivity contribution in [2.24, 2.45) is 5.73 Å². The lowest BCUT2D eigenvalue weighted by molar-refractivity contribution is 0.346. The van der Waals surface area contributed by atoms with Crippen LogP contribution >= 0.6 is 15.9 Å². The number of likely N-dealkylation sites (tertiary alicyclic amines) is 1. The van der Waals surface area contributed by atoms with E-state index in [1.165, 1.54) is 37.2 Å². The van der Waals surface area contributed by atoms with E-state index in [1.54, 1.807) is 0 Å². The van der Waals surface area contributed by atoms with Gasteiger partial charge in [0.25, 0.3) is 0 Å². The molecule has 2 N–H and O–H groups in total. The molecule has 0 saturated carbocycles. The quantitative estimate of drug-likeness (QED) is 0.816. The lowest BCUT2D eigenvalue weighted by atomic mass is 10.0. The summed E-state index contributed by atoms with van der Waals surface area (Å²) in [6.45, 7) is 6.92. The molecular formula is C17H28BrN3. The van der Waals surface area contributed by atoms with E-state index in [1.807, 2.05) is 0 Å². The van der Waals surface area contributed by atoms with Crippen LogP contribution in [0.2, 0.25) is 0 Å². The first-order valence-electron chi connectivity index (χ1n) is 8.07. The molecule has 0 radical (unpaired) electrons. The summed E-state index contributed by atoms with van der Waals surface area (Å²) in [5.41, 5.74) is 8.83. The molecule has 2 rings (SSSR count). The first-order valence-corrected chi connectivity index (χ1v) is 8.87. The van der Waals surface area contributed by atoms with E-state index < -0.39 is 0 Å². The van der Waals surface area contributed by atoms with Gasteiger partial charge in [-0.25, -0.2) is 0 Å². The second-order valence-electron chi connectivity index (χ2n) is 6.12. The van der Waals surface area contributed by atoms with Crippen molar-refractivity contribution < 1.29 is 0 Å². The van der Waals surface area contributed by atoms with Gasteiger partial charge in [0.1, 0.15) is 0 Å². The van der Waals surface area contributed by atoms with Crippen molar-refractivity contribution in [3.05, 3.63) is 28.2 Å². The number of anilines is 1. The number of hydrogen-bond acceptors (Lipinski definition) is 3. The lowest BCUT2D eigenvalue weighted by Gasteiger charge is -2.26. The number of hydrogen-bond donors (Lipinski definition) is 1. The van der Waals surface area contributed by atoms with Crippen LogP contribution in [0.25, 0.3) is 0 Å². The van der Waals surface area contributed by atoms with Gasteiger partial charge in [0.15, 0.2) is 0 Å². The molecule has 1 fully saturated rings. The van der Waals surface area contributed by atoms with Crippen molar-refractivity contribution in [3.8, 4) is 0 Å². The zero-order valence-corrected chi connectivity index (χ0v) is 14.9. The SMILES string of the molecule is CCC(N)Cc1cc(Br)ccc1N(C)CCN1CCCC1. The Balaban J connectivity index is 2.02. The van der Waals surface area contributed by atoms with Gasteiger partial charge in [-0.2, -0.15) is 0 Å². The Labute approximate surface area is 137 Å². The fourth-order valence-electron chi connectivity index (χ4n) is 2.93. The Morgan fingerprint density at radius 3 is 2.71 bits per heavy atom. The minimum absolute atomic E-state index is 0.241. The average molecular weight is 354 g/mol. The van der Waals surface area contributed by atoms with Gasteiger partial charge in [0, 0.05) is 36.3 Å². The minimum atomic E-state index is 0.241. The molecule has 0 amide bonds. The molecule has 1 aliphatic rings. The molecule has 118 valence electrons. The highest BCUT2D eigenvalue weighted by molar-refractivity contribution is 9.10. The van der Waals surface area contributed by atoms with Gasteiger partial charge in [-0.3, -0.25) is 0 Å². The van der Waals surface area contributed by atoms with E-state index in [2.05, 4.69) is 57.9 Å². The molecule has 0 bridgehead atoms. The third-order valence-corrected chi connectivity index (χ3v) is 4.90. The van der Waals surface area contributed by atoms with E-state index in [4.69, 9.17) is 5.73 Å². The maximum absolute atomic E-state index is 6.16. The fraction of sp³-hybridized carbons (Fsp3) is 0.647. The van der Waals surface area contributed by atoms with Crippen molar-refractivity contribution >= 4 is 21.6 Å². The highest BCUT2D eigenvalue weighted by Crippen LogP contribution is 2.25. The number of benzene rings is 1. The first-order chi connectivity index (χ1) is 10.1. The van der Waals surface area contributed by atoms with E-state index in [9.17, 15) is 0 Å². The van der Waals surface area contributed by atoms with Gasteiger partial charge in [-0.1, -0.05) is 22.9 Å². The summed E-state index contributed by atoms with van der Waals surface area (Å²) in [5.74, 6) is 0. The summed E-state index contributed by atoms with van der Waals surface area (Å²) in [6.07, 6.45) is 4.68. The van der Waals surface area contributed by atoms with Crippen LogP contribution in [-0.4, -0.2) is 44.2 Å². The zero-order chi connectivity index (χ0) is 15.2. The third kappa shape index (κ3) is 4.97. The molecule has 1 aromatic rings. The van der Waals surface area contributed by atoms with Gasteiger partial charge >= 0.3 is 0 Å². The topological polar surface area (TPSA) is 32.5 Å². The van der Waals surface area contributed by atoms with Crippen LogP contribution in [0.5, 0.6) is 0 Å². The first kappa shape index (κ1) is 16.8.